The molecular weight excluding hydrogens is 923 g/mol. The van der Waals surface area contributed by atoms with Crippen molar-refractivity contribution in [3.63, 3.8) is 0 Å². The molecule has 74 heavy (non-hydrogen) atoms. The highest BCUT2D eigenvalue weighted by Gasteiger charge is 2.44. The van der Waals surface area contributed by atoms with Gasteiger partial charge in [0.2, 0.25) is 5.91 Å². The van der Waals surface area contributed by atoms with Crippen LogP contribution in [0.15, 0.2) is 48.6 Å². The van der Waals surface area contributed by atoms with Crippen LogP contribution in [0.5, 0.6) is 0 Å². The lowest BCUT2D eigenvalue weighted by atomic mass is 9.99. The summed E-state index contributed by atoms with van der Waals surface area (Å²) in [6.07, 6.45) is 66.2. The van der Waals surface area contributed by atoms with Crippen LogP contribution in [0.2, 0.25) is 0 Å². The average Bonchev–Trinajstić information content (AvgIpc) is 3.40. The van der Waals surface area contributed by atoms with Gasteiger partial charge in [0.25, 0.3) is 0 Å². The van der Waals surface area contributed by atoms with Gasteiger partial charge in [0.05, 0.1) is 25.4 Å². The van der Waals surface area contributed by atoms with Crippen LogP contribution in [0.1, 0.15) is 303 Å². The Morgan fingerprint density at radius 3 is 1.18 bits per heavy atom. The molecule has 0 spiro atoms. The van der Waals surface area contributed by atoms with Gasteiger partial charge in [-0.05, 0) is 57.8 Å². The number of aliphatic hydroxyl groups is 5. The number of aliphatic hydroxyl groups excluding tert-OH is 5. The topological polar surface area (TPSA) is 149 Å². The molecule has 9 heteroatoms. The SMILES string of the molecule is CCCCCCC/C=C\C/C=C\C/C=C\CCCCCCCCCCCCCCCCCCCCC(=O)NC(COC1OC(CO)C(O)C(O)C1O)C(O)/C=C/CCCCCCCCCCCCCCCCCC. The van der Waals surface area contributed by atoms with E-state index in [1.54, 1.807) is 6.08 Å². The first kappa shape index (κ1) is 70.2. The minimum Gasteiger partial charge on any atom is -0.394 e. The van der Waals surface area contributed by atoms with Gasteiger partial charge in [-0.25, -0.2) is 0 Å². The second-order valence-corrected chi connectivity index (χ2v) is 22.2. The van der Waals surface area contributed by atoms with Gasteiger partial charge in [-0.2, -0.15) is 0 Å². The number of hydrogen-bond donors (Lipinski definition) is 6. The Morgan fingerprint density at radius 1 is 0.459 bits per heavy atom. The van der Waals surface area contributed by atoms with Crippen molar-refractivity contribution in [2.24, 2.45) is 0 Å². The zero-order valence-corrected chi connectivity index (χ0v) is 48.4. The molecule has 6 N–H and O–H groups in total. The number of ether oxygens (including phenoxy) is 2. The third-order valence-electron chi connectivity index (χ3n) is 15.1. The van der Waals surface area contributed by atoms with E-state index in [0.717, 1.165) is 51.4 Å². The standard InChI is InChI=1S/C65H121NO8/c1-3-5-7-9-11-13-15-17-19-21-23-24-25-26-27-28-29-30-31-32-33-34-35-36-37-39-41-43-45-47-49-51-53-55-61(69)66-58(57-73-65-64(72)63(71)62(70)60(56-67)74-65)59(68)54-52-50-48-46-44-42-40-38-22-20-18-16-14-12-10-8-6-4-2/h15,17,21,23,25-26,52,54,58-60,62-65,67-68,70-72H,3-14,16,18-20,22,24,27-51,53,55-57H2,1-2H3,(H,66,69)/b17-15-,23-21-,26-25-,54-52+. The number of amides is 1. The summed E-state index contributed by atoms with van der Waals surface area (Å²) in [4.78, 5) is 13.1. The maximum atomic E-state index is 13.1. The smallest absolute Gasteiger partial charge is 0.220 e. The van der Waals surface area contributed by atoms with Crippen molar-refractivity contribution in [3.8, 4) is 0 Å². The molecule has 1 rings (SSSR count). The second kappa shape index (κ2) is 54.5. The number of unbranched alkanes of at least 4 members (excludes halogenated alkanes) is 39. The van der Waals surface area contributed by atoms with Crippen molar-refractivity contribution in [3.05, 3.63) is 48.6 Å². The number of carbonyl (C=O) groups is 1. The number of nitrogens with one attached hydrogen (secondary N) is 1. The van der Waals surface area contributed by atoms with Crippen LogP contribution in [-0.2, 0) is 14.3 Å². The maximum absolute atomic E-state index is 13.1. The fourth-order valence-corrected chi connectivity index (χ4v) is 10.1. The summed E-state index contributed by atoms with van der Waals surface area (Å²) in [6, 6.07) is -0.805. The van der Waals surface area contributed by atoms with E-state index in [-0.39, 0.29) is 12.5 Å². The number of hydrogen-bond acceptors (Lipinski definition) is 8. The van der Waals surface area contributed by atoms with Crippen molar-refractivity contribution in [1.29, 1.82) is 0 Å². The lowest BCUT2D eigenvalue weighted by Gasteiger charge is -2.40. The molecule has 9 nitrogen and oxygen atoms in total. The molecule has 0 aliphatic carbocycles. The molecule has 1 saturated heterocycles. The monoisotopic (exact) mass is 1040 g/mol. The highest BCUT2D eigenvalue weighted by atomic mass is 16.7. The zero-order valence-electron chi connectivity index (χ0n) is 48.4. The van der Waals surface area contributed by atoms with Crippen molar-refractivity contribution < 1.29 is 39.8 Å². The predicted molar refractivity (Wildman–Crippen MR) is 313 cm³/mol. The molecule has 7 unspecified atom stereocenters. The summed E-state index contributed by atoms with van der Waals surface area (Å²) >= 11 is 0. The Balaban J connectivity index is 2.13. The molecular formula is C65H121NO8. The highest BCUT2D eigenvalue weighted by Crippen LogP contribution is 2.23. The van der Waals surface area contributed by atoms with Crippen molar-refractivity contribution >= 4 is 5.91 Å². The average molecular weight is 1040 g/mol. The van der Waals surface area contributed by atoms with Crippen LogP contribution in [0, 0.1) is 0 Å². The van der Waals surface area contributed by atoms with Gasteiger partial charge >= 0.3 is 0 Å². The van der Waals surface area contributed by atoms with Gasteiger partial charge in [-0.1, -0.05) is 287 Å². The molecule has 1 heterocycles. The Kier molecular flexibility index (Phi) is 51.7. The fourth-order valence-electron chi connectivity index (χ4n) is 10.1. The molecule has 0 bridgehead atoms. The molecule has 1 aliphatic rings. The van der Waals surface area contributed by atoms with Crippen LogP contribution in [0.3, 0.4) is 0 Å². The molecule has 1 amide bonds. The summed E-state index contributed by atoms with van der Waals surface area (Å²) in [5, 5.41) is 54.6. The summed E-state index contributed by atoms with van der Waals surface area (Å²) in [5.74, 6) is -0.173. The summed E-state index contributed by atoms with van der Waals surface area (Å²) in [5.41, 5.74) is 0. The van der Waals surface area contributed by atoms with E-state index in [0.29, 0.717) is 6.42 Å². The number of carbonyl (C=O) groups excluding carboxylic acids is 1. The molecule has 0 aromatic rings. The summed E-state index contributed by atoms with van der Waals surface area (Å²) < 4.78 is 11.3. The second-order valence-electron chi connectivity index (χ2n) is 22.2. The van der Waals surface area contributed by atoms with Crippen molar-refractivity contribution in [2.45, 2.75) is 346 Å². The van der Waals surface area contributed by atoms with Gasteiger partial charge in [-0.15, -0.1) is 0 Å². The van der Waals surface area contributed by atoms with Crippen molar-refractivity contribution in [1.82, 2.24) is 5.32 Å². The van der Waals surface area contributed by atoms with E-state index < -0.39 is 49.5 Å². The Bertz CT molecular complexity index is 1300. The first-order chi connectivity index (χ1) is 36.3. The first-order valence-electron chi connectivity index (χ1n) is 31.9. The zero-order chi connectivity index (χ0) is 53.6. The lowest BCUT2D eigenvalue weighted by Crippen LogP contribution is -2.60. The molecule has 434 valence electrons. The van der Waals surface area contributed by atoms with E-state index in [2.05, 4.69) is 55.6 Å². The molecule has 0 aromatic carbocycles. The van der Waals surface area contributed by atoms with E-state index in [1.807, 2.05) is 6.08 Å². The summed E-state index contributed by atoms with van der Waals surface area (Å²) in [7, 11) is 0. The predicted octanol–water partition coefficient (Wildman–Crippen LogP) is 16.5. The Labute approximate surface area is 456 Å². The van der Waals surface area contributed by atoms with Gasteiger partial charge in [0.1, 0.15) is 24.4 Å². The molecule has 1 fully saturated rings. The van der Waals surface area contributed by atoms with E-state index in [9.17, 15) is 30.3 Å². The number of rotatable bonds is 55. The van der Waals surface area contributed by atoms with E-state index in [1.165, 1.54) is 231 Å². The number of allylic oxidation sites excluding steroid dienone is 7. The van der Waals surface area contributed by atoms with Crippen LogP contribution in [0.4, 0.5) is 0 Å². The Morgan fingerprint density at radius 2 is 0.797 bits per heavy atom. The molecule has 0 aromatic heterocycles. The molecule has 7 atom stereocenters. The summed E-state index contributed by atoms with van der Waals surface area (Å²) in [6.45, 7) is 3.80. The first-order valence-corrected chi connectivity index (χ1v) is 31.9. The maximum Gasteiger partial charge on any atom is 0.220 e. The van der Waals surface area contributed by atoms with Gasteiger partial charge < -0.3 is 40.3 Å². The van der Waals surface area contributed by atoms with Crippen LogP contribution < -0.4 is 5.32 Å². The Hall–Kier alpha value is -1.85. The third kappa shape index (κ3) is 43.2. The van der Waals surface area contributed by atoms with Crippen LogP contribution in [-0.4, -0.2) is 87.5 Å². The minimum absolute atomic E-state index is 0.173. The van der Waals surface area contributed by atoms with Gasteiger partial charge in [0, 0.05) is 6.42 Å². The highest BCUT2D eigenvalue weighted by molar-refractivity contribution is 5.76. The fraction of sp³-hybridized carbons (Fsp3) is 0.862. The van der Waals surface area contributed by atoms with Gasteiger partial charge in [-0.3, -0.25) is 4.79 Å². The van der Waals surface area contributed by atoms with E-state index >= 15 is 0 Å². The minimum atomic E-state index is -1.57. The lowest BCUT2D eigenvalue weighted by molar-refractivity contribution is -0.302. The van der Waals surface area contributed by atoms with Crippen LogP contribution >= 0.6 is 0 Å². The largest absolute Gasteiger partial charge is 0.394 e. The quantitative estimate of drug-likeness (QED) is 0.0261. The van der Waals surface area contributed by atoms with E-state index in [4.69, 9.17) is 9.47 Å². The van der Waals surface area contributed by atoms with Crippen LogP contribution in [0.25, 0.3) is 0 Å². The molecule has 1 aliphatic heterocycles. The van der Waals surface area contributed by atoms with Crippen molar-refractivity contribution in [2.75, 3.05) is 13.2 Å². The van der Waals surface area contributed by atoms with Gasteiger partial charge in [0.15, 0.2) is 6.29 Å². The molecule has 0 radical (unpaired) electrons. The third-order valence-corrected chi connectivity index (χ3v) is 15.1. The molecule has 0 saturated carbocycles. The normalized spacial score (nSPS) is 19.3.